The van der Waals surface area contributed by atoms with E-state index in [1.807, 2.05) is 0 Å². The zero-order valence-corrected chi connectivity index (χ0v) is 10.4. The minimum Gasteiger partial charge on any atom is -0.405 e. The van der Waals surface area contributed by atoms with Crippen LogP contribution in [0, 0.1) is 3.57 Å². The predicted octanol–water partition coefficient (Wildman–Crippen LogP) is 3.32. The van der Waals surface area contributed by atoms with Gasteiger partial charge in [-0.05, 0) is 41.1 Å². The molecule has 88 valence electrons. The number of ether oxygens (including phenoxy) is 1. The van der Waals surface area contributed by atoms with Crippen LogP contribution in [-0.4, -0.2) is 12.1 Å². The summed E-state index contributed by atoms with van der Waals surface area (Å²) in [5.74, 6) is -0.381. The molecule has 0 aliphatic carbocycles. The van der Waals surface area contributed by atoms with Crippen molar-refractivity contribution in [2.75, 3.05) is 0 Å². The molecule has 0 saturated heterocycles. The molecular formula is C10H8F3IO2. The van der Waals surface area contributed by atoms with Crippen molar-refractivity contribution < 1.29 is 22.7 Å². The Morgan fingerprint density at radius 2 is 2.06 bits per heavy atom. The number of hydrogen-bond acceptors (Lipinski definition) is 2. The van der Waals surface area contributed by atoms with Gasteiger partial charge in [0, 0.05) is 6.42 Å². The minimum absolute atomic E-state index is 0.104. The second-order valence-electron chi connectivity index (χ2n) is 3.16. The molecule has 0 heterocycles. The molecule has 0 atom stereocenters. The van der Waals surface area contributed by atoms with Crippen LogP contribution in [0.5, 0.6) is 5.75 Å². The molecule has 0 aromatic heterocycles. The fourth-order valence-corrected chi connectivity index (χ4v) is 1.82. The van der Waals surface area contributed by atoms with Crippen molar-refractivity contribution >= 4 is 28.4 Å². The number of alkyl halides is 3. The molecule has 0 radical (unpaired) electrons. The van der Waals surface area contributed by atoms with E-state index in [-0.39, 0.29) is 18.0 Å². The average molecular weight is 344 g/mol. The molecule has 16 heavy (non-hydrogen) atoms. The first kappa shape index (κ1) is 13.3. The van der Waals surface area contributed by atoms with Gasteiger partial charge in [0.15, 0.2) is 0 Å². The van der Waals surface area contributed by atoms with Crippen LogP contribution in [0.2, 0.25) is 0 Å². The summed E-state index contributed by atoms with van der Waals surface area (Å²) in [4.78, 5) is 10.9. The highest BCUT2D eigenvalue weighted by molar-refractivity contribution is 14.1. The van der Waals surface area contributed by atoms with E-state index in [9.17, 15) is 18.0 Å². The molecular weight excluding hydrogens is 336 g/mol. The fourth-order valence-electron chi connectivity index (χ4n) is 1.16. The van der Waals surface area contributed by atoms with Crippen LogP contribution in [0.25, 0.3) is 0 Å². The maximum absolute atomic E-state index is 12.0. The van der Waals surface area contributed by atoms with Gasteiger partial charge in [-0.2, -0.15) is 0 Å². The molecule has 0 saturated carbocycles. The van der Waals surface area contributed by atoms with Gasteiger partial charge in [-0.15, -0.1) is 13.2 Å². The number of rotatable bonds is 3. The Kier molecular flexibility index (Phi) is 4.17. The van der Waals surface area contributed by atoms with Gasteiger partial charge in [-0.3, -0.25) is 4.79 Å². The molecule has 2 nitrogen and oxygen atoms in total. The number of ketones is 1. The summed E-state index contributed by atoms with van der Waals surface area (Å²) in [6.07, 6.45) is -4.61. The van der Waals surface area contributed by atoms with Crippen molar-refractivity contribution in [2.45, 2.75) is 19.7 Å². The van der Waals surface area contributed by atoms with Gasteiger partial charge in [-0.25, -0.2) is 0 Å². The van der Waals surface area contributed by atoms with Crippen LogP contribution in [0.1, 0.15) is 12.5 Å². The van der Waals surface area contributed by atoms with Crippen molar-refractivity contribution in [1.29, 1.82) is 0 Å². The third-order valence-corrected chi connectivity index (χ3v) is 2.93. The molecule has 0 aliphatic heterocycles. The molecule has 0 N–H and O–H groups in total. The first-order chi connectivity index (χ1) is 7.29. The Morgan fingerprint density at radius 3 is 2.56 bits per heavy atom. The lowest BCUT2D eigenvalue weighted by atomic mass is 10.1. The summed E-state index contributed by atoms with van der Waals surface area (Å²) in [7, 11) is 0. The number of carbonyl (C=O) groups is 1. The smallest absolute Gasteiger partial charge is 0.405 e. The largest absolute Gasteiger partial charge is 0.573 e. The van der Waals surface area contributed by atoms with Gasteiger partial charge in [0.05, 0.1) is 3.57 Å². The summed E-state index contributed by atoms with van der Waals surface area (Å²) in [6, 6.07) is 4.26. The van der Waals surface area contributed by atoms with Crippen LogP contribution in [0.15, 0.2) is 18.2 Å². The maximum atomic E-state index is 12.0. The van der Waals surface area contributed by atoms with E-state index in [1.54, 1.807) is 28.7 Å². The van der Waals surface area contributed by atoms with E-state index >= 15 is 0 Å². The van der Waals surface area contributed by atoms with Gasteiger partial charge >= 0.3 is 6.36 Å². The Bertz CT molecular complexity index is 402. The van der Waals surface area contributed by atoms with E-state index in [4.69, 9.17) is 0 Å². The van der Waals surface area contributed by atoms with Crippen LogP contribution in [0.3, 0.4) is 0 Å². The van der Waals surface area contributed by atoms with Gasteiger partial charge in [0.1, 0.15) is 11.5 Å². The Balaban J connectivity index is 2.99. The maximum Gasteiger partial charge on any atom is 0.573 e. The number of carbonyl (C=O) groups excluding carboxylic acids is 1. The second-order valence-corrected chi connectivity index (χ2v) is 4.23. The standard InChI is InChI=1S/C10H8F3IO2/c1-6(15)5-7-3-2-4-8(9(7)14)16-10(11,12)13/h2-4H,5H2,1H3. The van der Waals surface area contributed by atoms with Gasteiger partial charge in [0.2, 0.25) is 0 Å². The van der Waals surface area contributed by atoms with Gasteiger partial charge in [0.25, 0.3) is 0 Å². The number of halogens is 4. The monoisotopic (exact) mass is 344 g/mol. The molecule has 0 unspecified atom stereocenters. The highest BCUT2D eigenvalue weighted by atomic mass is 127. The SMILES string of the molecule is CC(=O)Cc1cccc(OC(F)(F)F)c1I. The third kappa shape index (κ3) is 3.99. The first-order valence-electron chi connectivity index (χ1n) is 4.32. The Hall–Kier alpha value is -0.790. The van der Waals surface area contributed by atoms with E-state index in [2.05, 4.69) is 4.74 Å². The van der Waals surface area contributed by atoms with Crippen LogP contribution >= 0.6 is 22.6 Å². The van der Waals surface area contributed by atoms with E-state index < -0.39 is 6.36 Å². The van der Waals surface area contributed by atoms with Gasteiger partial charge < -0.3 is 4.74 Å². The Morgan fingerprint density at radius 1 is 1.44 bits per heavy atom. The van der Waals surface area contributed by atoms with Crippen molar-refractivity contribution in [3.63, 3.8) is 0 Å². The summed E-state index contributed by atoms with van der Waals surface area (Å²) in [5.41, 5.74) is 0.537. The second kappa shape index (κ2) is 5.03. The predicted molar refractivity (Wildman–Crippen MR) is 60.2 cm³/mol. The van der Waals surface area contributed by atoms with Crippen LogP contribution in [-0.2, 0) is 11.2 Å². The van der Waals surface area contributed by atoms with Crippen molar-refractivity contribution in [3.05, 3.63) is 27.3 Å². The molecule has 0 amide bonds. The lowest BCUT2D eigenvalue weighted by Crippen LogP contribution is -2.18. The third-order valence-electron chi connectivity index (χ3n) is 1.71. The molecule has 1 aromatic carbocycles. The molecule has 0 bridgehead atoms. The van der Waals surface area contributed by atoms with Crippen molar-refractivity contribution in [2.24, 2.45) is 0 Å². The summed E-state index contributed by atoms with van der Waals surface area (Å²) in [6.45, 7) is 1.38. The zero-order valence-electron chi connectivity index (χ0n) is 8.27. The lowest BCUT2D eigenvalue weighted by Gasteiger charge is -2.12. The first-order valence-corrected chi connectivity index (χ1v) is 5.40. The minimum atomic E-state index is -4.71. The molecule has 6 heteroatoms. The van der Waals surface area contributed by atoms with Crippen molar-refractivity contribution in [3.8, 4) is 5.75 Å². The summed E-state index contributed by atoms with van der Waals surface area (Å²) < 4.78 is 40.2. The topological polar surface area (TPSA) is 26.3 Å². The highest BCUT2D eigenvalue weighted by Crippen LogP contribution is 2.29. The Labute approximate surface area is 104 Å². The van der Waals surface area contributed by atoms with E-state index in [0.29, 0.717) is 9.13 Å². The quantitative estimate of drug-likeness (QED) is 0.787. The number of Topliss-reactive ketones (excluding diaryl/α,β-unsaturated/α-hetero) is 1. The van der Waals surface area contributed by atoms with Gasteiger partial charge in [-0.1, -0.05) is 12.1 Å². The number of hydrogen-bond donors (Lipinski definition) is 0. The summed E-state index contributed by atoms with van der Waals surface area (Å²) in [5, 5.41) is 0. The van der Waals surface area contributed by atoms with Crippen LogP contribution < -0.4 is 4.74 Å². The molecule has 0 fully saturated rings. The van der Waals surface area contributed by atoms with E-state index in [1.165, 1.54) is 19.1 Å². The lowest BCUT2D eigenvalue weighted by molar-refractivity contribution is -0.275. The molecule has 0 aliphatic rings. The molecule has 0 spiro atoms. The average Bonchev–Trinajstić information content (AvgIpc) is 2.09. The fraction of sp³-hybridized carbons (Fsp3) is 0.300. The highest BCUT2D eigenvalue weighted by Gasteiger charge is 2.32. The van der Waals surface area contributed by atoms with Crippen LogP contribution in [0.4, 0.5) is 13.2 Å². The zero-order chi connectivity index (χ0) is 12.3. The van der Waals surface area contributed by atoms with Crippen molar-refractivity contribution in [1.82, 2.24) is 0 Å². The number of benzene rings is 1. The van der Waals surface area contributed by atoms with E-state index in [0.717, 1.165) is 0 Å². The molecule has 1 rings (SSSR count). The summed E-state index contributed by atoms with van der Waals surface area (Å²) >= 11 is 1.74. The normalized spacial score (nSPS) is 11.3. The molecule has 1 aromatic rings.